The van der Waals surface area contributed by atoms with Gasteiger partial charge in [-0.05, 0) is 47.5 Å². The number of fused-ring (bicyclic) bond motifs is 1. The van der Waals surface area contributed by atoms with Crippen molar-refractivity contribution >= 4 is 26.9 Å². The van der Waals surface area contributed by atoms with Crippen LogP contribution in [0.4, 0.5) is 13.2 Å². The number of alkyl halides is 3. The predicted molar refractivity (Wildman–Crippen MR) is 121 cm³/mol. The lowest BCUT2D eigenvalue weighted by molar-refractivity contribution is -0.138. The number of benzene rings is 3. The molecule has 0 aliphatic heterocycles. The molecule has 36 heavy (non-hydrogen) atoms. The summed E-state index contributed by atoms with van der Waals surface area (Å²) in [6, 6.07) is 14.5. The predicted octanol–water partition coefficient (Wildman–Crippen LogP) is 4.25. The molecule has 0 unspecified atom stereocenters. The number of nitrogens with zero attached hydrogens (tertiary/aromatic N) is 1. The first kappa shape index (κ1) is 25.0. The summed E-state index contributed by atoms with van der Waals surface area (Å²) in [4.78, 5) is 22.7. The largest absolute Gasteiger partial charge is 0.489 e. The number of hydrogen-bond donors (Lipinski definition) is 1. The first-order valence-corrected chi connectivity index (χ1v) is 12.0. The lowest BCUT2D eigenvalue weighted by Crippen LogP contribution is -2.19. The van der Waals surface area contributed by atoms with E-state index in [9.17, 15) is 31.2 Å². The molecule has 3 aromatic carbocycles. The molecular weight excluding hydrogens is 503 g/mol. The van der Waals surface area contributed by atoms with Gasteiger partial charge < -0.3 is 14.3 Å². The van der Waals surface area contributed by atoms with Gasteiger partial charge in [-0.3, -0.25) is 9.36 Å². The van der Waals surface area contributed by atoms with Crippen molar-refractivity contribution < 1.29 is 40.6 Å². The van der Waals surface area contributed by atoms with Gasteiger partial charge in [0, 0.05) is 6.07 Å². The van der Waals surface area contributed by atoms with E-state index in [1.54, 1.807) is 18.2 Å². The summed E-state index contributed by atoms with van der Waals surface area (Å²) in [5.41, 5.74) is 0.223. The molecule has 0 bridgehead atoms. The Bertz CT molecular complexity index is 1590. The Morgan fingerprint density at radius 2 is 1.72 bits per heavy atom. The molecule has 0 amide bonds. The lowest BCUT2D eigenvalue weighted by atomic mass is 10.1. The molecule has 0 aliphatic carbocycles. The summed E-state index contributed by atoms with van der Waals surface area (Å²) in [5.74, 6) is -2.25. The number of oxazole rings is 1. The van der Waals surface area contributed by atoms with Crippen LogP contribution in [0.25, 0.3) is 11.1 Å². The molecule has 4 rings (SSSR count). The van der Waals surface area contributed by atoms with Gasteiger partial charge in [0.25, 0.3) is 0 Å². The van der Waals surface area contributed by atoms with Gasteiger partial charge in [0.15, 0.2) is 15.4 Å². The molecular formula is C24H18F3NO7S. The molecule has 0 atom stereocenters. The fraction of sp³-hybridized carbons (Fsp3) is 0.167. The van der Waals surface area contributed by atoms with Crippen molar-refractivity contribution in [3.63, 3.8) is 0 Å². The van der Waals surface area contributed by atoms with Crippen LogP contribution in [-0.2, 0) is 39.7 Å². The van der Waals surface area contributed by atoms with Crippen LogP contribution < -0.4 is 10.5 Å². The average Bonchev–Trinajstić information content (AvgIpc) is 3.11. The van der Waals surface area contributed by atoms with Gasteiger partial charge in [0.1, 0.15) is 18.9 Å². The number of sulfone groups is 1. The van der Waals surface area contributed by atoms with Gasteiger partial charge in [0.2, 0.25) is 0 Å². The highest BCUT2D eigenvalue weighted by Gasteiger charge is 2.30. The molecule has 8 nitrogen and oxygen atoms in total. The SMILES string of the molecule is O=C(O)Cn1c(=O)oc2cc(S(=O)(=O)Cc3cccc(OCc4ccc(C(F)(F)F)cc4)c3)ccc21. The van der Waals surface area contributed by atoms with Crippen molar-refractivity contribution in [3.05, 3.63) is 94.0 Å². The summed E-state index contributed by atoms with van der Waals surface area (Å²) in [7, 11) is -3.88. The monoisotopic (exact) mass is 521 g/mol. The van der Waals surface area contributed by atoms with Gasteiger partial charge in [-0.15, -0.1) is 0 Å². The number of carbonyl (C=O) groups is 1. The lowest BCUT2D eigenvalue weighted by Gasteiger charge is -2.10. The van der Waals surface area contributed by atoms with Crippen molar-refractivity contribution in [2.45, 2.75) is 30.0 Å². The Hall–Kier alpha value is -4.06. The first-order chi connectivity index (χ1) is 16.9. The van der Waals surface area contributed by atoms with Gasteiger partial charge in [-0.1, -0.05) is 24.3 Å². The maximum atomic E-state index is 13.0. The number of halogens is 3. The zero-order chi connectivity index (χ0) is 26.1. The minimum absolute atomic E-state index is 0.0165. The second-order valence-corrected chi connectivity index (χ2v) is 9.86. The molecule has 4 aromatic rings. The Balaban J connectivity index is 1.49. The van der Waals surface area contributed by atoms with E-state index < -0.39 is 45.6 Å². The zero-order valence-corrected chi connectivity index (χ0v) is 19.2. The molecule has 0 radical (unpaired) electrons. The molecule has 1 heterocycles. The summed E-state index contributed by atoms with van der Waals surface area (Å²) >= 11 is 0. The van der Waals surface area contributed by atoms with Crippen LogP contribution in [0.3, 0.4) is 0 Å². The normalized spacial score (nSPS) is 12.1. The third kappa shape index (κ3) is 5.60. The Kier molecular flexibility index (Phi) is 6.63. The Morgan fingerprint density at radius 3 is 2.39 bits per heavy atom. The number of aliphatic carboxylic acids is 1. The molecule has 0 spiro atoms. The average molecular weight is 521 g/mol. The fourth-order valence-corrected chi connectivity index (χ4v) is 4.86. The van der Waals surface area contributed by atoms with Crippen LogP contribution in [0.5, 0.6) is 5.75 Å². The van der Waals surface area contributed by atoms with Gasteiger partial charge >= 0.3 is 17.9 Å². The maximum Gasteiger partial charge on any atom is 0.420 e. The number of hydrogen-bond acceptors (Lipinski definition) is 6. The van der Waals surface area contributed by atoms with Crippen LogP contribution in [0, 0.1) is 0 Å². The number of carboxylic acid groups (broad SMARTS) is 1. The molecule has 1 N–H and O–H groups in total. The fourth-order valence-electron chi connectivity index (χ4n) is 3.51. The van der Waals surface area contributed by atoms with Crippen molar-refractivity contribution in [1.82, 2.24) is 4.57 Å². The van der Waals surface area contributed by atoms with Crippen LogP contribution in [0.2, 0.25) is 0 Å². The van der Waals surface area contributed by atoms with E-state index in [0.717, 1.165) is 22.8 Å². The molecule has 12 heteroatoms. The minimum atomic E-state index is -4.43. The van der Waals surface area contributed by atoms with Crippen molar-refractivity contribution in [2.24, 2.45) is 0 Å². The van der Waals surface area contributed by atoms with E-state index in [-0.39, 0.29) is 22.6 Å². The minimum Gasteiger partial charge on any atom is -0.489 e. The Morgan fingerprint density at radius 1 is 1.00 bits per heavy atom. The molecule has 0 saturated carbocycles. The van der Waals surface area contributed by atoms with Crippen LogP contribution in [0.15, 0.2) is 80.8 Å². The maximum absolute atomic E-state index is 13.0. The van der Waals surface area contributed by atoms with E-state index in [0.29, 0.717) is 16.9 Å². The number of rotatable bonds is 8. The highest BCUT2D eigenvalue weighted by atomic mass is 32.2. The number of ether oxygens (including phenoxy) is 1. The third-order valence-corrected chi connectivity index (χ3v) is 6.92. The van der Waals surface area contributed by atoms with Crippen molar-refractivity contribution in [3.8, 4) is 5.75 Å². The Labute approximate surface area is 202 Å². The molecule has 1 aromatic heterocycles. The van der Waals surface area contributed by atoms with E-state index in [2.05, 4.69) is 0 Å². The summed E-state index contributed by atoms with van der Waals surface area (Å²) in [6.07, 6.45) is -4.43. The number of carboxylic acids is 1. The van der Waals surface area contributed by atoms with Crippen molar-refractivity contribution in [2.75, 3.05) is 0 Å². The molecule has 0 fully saturated rings. The quantitative estimate of drug-likeness (QED) is 0.369. The van der Waals surface area contributed by atoms with Crippen LogP contribution in [0.1, 0.15) is 16.7 Å². The smallest absolute Gasteiger partial charge is 0.420 e. The van der Waals surface area contributed by atoms with E-state index in [4.69, 9.17) is 14.3 Å². The zero-order valence-electron chi connectivity index (χ0n) is 18.4. The van der Waals surface area contributed by atoms with Crippen molar-refractivity contribution in [1.29, 1.82) is 0 Å². The second kappa shape index (κ2) is 9.53. The standard InChI is InChI=1S/C24H18F3NO7S/c25-24(26,27)17-6-4-15(5-7-17)13-34-18-3-1-2-16(10-18)14-36(32,33)19-8-9-20-21(11-19)35-23(31)28(20)12-22(29)30/h1-11H,12-14H2,(H,29,30). The summed E-state index contributed by atoms with van der Waals surface area (Å²) < 4.78 is 75.5. The van der Waals surface area contributed by atoms with Gasteiger partial charge in [-0.2, -0.15) is 13.2 Å². The first-order valence-electron chi connectivity index (χ1n) is 10.4. The number of aromatic nitrogens is 1. The van der Waals surface area contributed by atoms with Gasteiger partial charge in [0.05, 0.1) is 21.7 Å². The van der Waals surface area contributed by atoms with Crippen LogP contribution in [-0.4, -0.2) is 24.1 Å². The van der Waals surface area contributed by atoms with Gasteiger partial charge in [-0.25, -0.2) is 13.2 Å². The summed E-state index contributed by atoms with van der Waals surface area (Å²) in [5, 5.41) is 8.93. The third-order valence-electron chi connectivity index (χ3n) is 5.23. The van der Waals surface area contributed by atoms with E-state index in [1.807, 2.05) is 0 Å². The molecule has 0 saturated heterocycles. The van der Waals surface area contributed by atoms with Crippen LogP contribution >= 0.6 is 0 Å². The second-order valence-electron chi connectivity index (χ2n) is 7.87. The van der Waals surface area contributed by atoms with E-state index in [1.165, 1.54) is 30.3 Å². The highest BCUT2D eigenvalue weighted by Crippen LogP contribution is 2.29. The van der Waals surface area contributed by atoms with E-state index >= 15 is 0 Å². The summed E-state index contributed by atoms with van der Waals surface area (Å²) in [6.45, 7) is -0.644. The highest BCUT2D eigenvalue weighted by molar-refractivity contribution is 7.90. The topological polar surface area (TPSA) is 116 Å². The molecule has 0 aliphatic rings. The molecule has 188 valence electrons.